The lowest BCUT2D eigenvalue weighted by Crippen LogP contribution is -2.54. The van der Waals surface area contributed by atoms with Crippen LogP contribution in [0.3, 0.4) is 0 Å². The van der Waals surface area contributed by atoms with Gasteiger partial charge in [-0.15, -0.1) is 12.4 Å². The first-order chi connectivity index (χ1) is 12.8. The lowest BCUT2D eigenvalue weighted by molar-refractivity contribution is 0.217. The summed E-state index contributed by atoms with van der Waals surface area (Å²) in [5.74, 6) is 1.90. The fourth-order valence-corrected chi connectivity index (χ4v) is 2.85. The summed E-state index contributed by atoms with van der Waals surface area (Å²) < 4.78 is 11.4. The van der Waals surface area contributed by atoms with Gasteiger partial charge >= 0.3 is 0 Å². The van der Waals surface area contributed by atoms with E-state index in [-0.39, 0.29) is 24.3 Å². The van der Waals surface area contributed by atoms with Gasteiger partial charge in [-0.25, -0.2) is 4.99 Å². The number of guanidine groups is 2. The Hall–Kier alpha value is -3.13. The van der Waals surface area contributed by atoms with Crippen LogP contribution in [0.2, 0.25) is 0 Å². The van der Waals surface area contributed by atoms with Gasteiger partial charge in [-0.05, 0) is 50.2 Å². The number of nitrogens with two attached hydrogens (primary N) is 3. The predicted molar refractivity (Wildman–Crippen MR) is 115 cm³/mol. The number of benzene rings is 2. The third-order valence-corrected chi connectivity index (χ3v) is 3.97. The molecule has 150 valence electrons. The number of aliphatic imine (C=N–C) groups is 2. The highest BCUT2D eigenvalue weighted by molar-refractivity contribution is 6.05. The molecule has 0 saturated heterocycles. The molecule has 0 atom stereocenters. The highest BCUT2D eigenvalue weighted by atomic mass is 35.5. The molecule has 0 aromatic heterocycles. The van der Waals surface area contributed by atoms with Gasteiger partial charge in [0.05, 0.1) is 0 Å². The van der Waals surface area contributed by atoms with Gasteiger partial charge in [0.15, 0.2) is 0 Å². The Labute approximate surface area is 170 Å². The van der Waals surface area contributed by atoms with Gasteiger partial charge in [0.25, 0.3) is 0 Å². The van der Waals surface area contributed by atoms with Crippen molar-refractivity contribution in [3.05, 3.63) is 48.5 Å². The lowest BCUT2D eigenvalue weighted by atomic mass is 10.1. The lowest BCUT2D eigenvalue weighted by Gasteiger charge is -2.38. The zero-order valence-electron chi connectivity index (χ0n) is 15.8. The van der Waals surface area contributed by atoms with Crippen molar-refractivity contribution < 1.29 is 9.47 Å². The molecule has 1 aliphatic heterocycles. The summed E-state index contributed by atoms with van der Waals surface area (Å²) >= 11 is 0. The number of nitrogens with zero attached hydrogens (tertiary/aromatic N) is 3. The van der Waals surface area contributed by atoms with E-state index in [1.807, 2.05) is 50.2 Å². The first kappa shape index (κ1) is 21.2. The van der Waals surface area contributed by atoms with Gasteiger partial charge in [0, 0.05) is 17.4 Å². The fourth-order valence-electron chi connectivity index (χ4n) is 2.85. The van der Waals surface area contributed by atoms with Gasteiger partial charge in [-0.2, -0.15) is 4.99 Å². The van der Waals surface area contributed by atoms with Crippen LogP contribution in [0.25, 0.3) is 0 Å². The van der Waals surface area contributed by atoms with Gasteiger partial charge in [0.2, 0.25) is 11.9 Å². The van der Waals surface area contributed by atoms with Gasteiger partial charge in [-0.3, -0.25) is 4.90 Å². The molecule has 0 aliphatic carbocycles. The molecule has 3 rings (SSSR count). The van der Waals surface area contributed by atoms with Crippen molar-refractivity contribution >= 4 is 35.7 Å². The first-order valence-corrected chi connectivity index (χ1v) is 8.56. The molecular formula is C19H25ClN6O2. The highest BCUT2D eigenvalue weighted by Gasteiger charge is 2.33. The number of hydrogen-bond donors (Lipinski definition) is 3. The molecule has 0 unspecified atom stereocenters. The molecule has 9 heteroatoms. The van der Waals surface area contributed by atoms with Crippen LogP contribution in [0.15, 0.2) is 58.5 Å². The summed E-state index contributed by atoms with van der Waals surface area (Å²) in [5, 5.41) is 0. The minimum absolute atomic E-state index is 0. The zero-order chi connectivity index (χ0) is 19.4. The number of halogens is 1. The minimum atomic E-state index is -0.646. The summed E-state index contributed by atoms with van der Waals surface area (Å²) in [5.41, 5.74) is 18.3. The molecule has 2 aromatic carbocycles. The number of rotatable bonds is 6. The van der Waals surface area contributed by atoms with Crippen LogP contribution >= 0.6 is 12.4 Å². The summed E-state index contributed by atoms with van der Waals surface area (Å²) in [6, 6.07) is 14.8. The molecule has 0 radical (unpaired) electrons. The Kier molecular flexibility index (Phi) is 6.58. The third kappa shape index (κ3) is 4.98. The zero-order valence-corrected chi connectivity index (χ0v) is 16.6. The second-order valence-electron chi connectivity index (χ2n) is 6.53. The Morgan fingerprint density at radius 2 is 1.57 bits per heavy atom. The standard InChI is InChI=1S/C19H24N6O2.ClH/c1-19(2)24-17(21)23-18(22)25(19)14-4-3-5-16(12-14)27-11-10-26-15-8-6-13(20)7-9-15;/h3-9,12H,10-11,20H2,1-2H3,(H4,21,22,23,24);1H. The van der Waals surface area contributed by atoms with Gasteiger partial charge in [-0.1, -0.05) is 6.07 Å². The van der Waals surface area contributed by atoms with Crippen LogP contribution in [0.5, 0.6) is 11.5 Å². The third-order valence-electron chi connectivity index (χ3n) is 3.97. The molecule has 1 aliphatic rings. The molecule has 0 saturated carbocycles. The fraction of sp³-hybridized carbons (Fsp3) is 0.263. The van der Waals surface area contributed by atoms with E-state index in [1.165, 1.54) is 0 Å². The second-order valence-corrected chi connectivity index (χ2v) is 6.53. The maximum atomic E-state index is 6.07. The van der Waals surface area contributed by atoms with E-state index in [9.17, 15) is 0 Å². The number of hydrogen-bond acceptors (Lipinski definition) is 8. The Morgan fingerprint density at radius 3 is 2.21 bits per heavy atom. The summed E-state index contributed by atoms with van der Waals surface area (Å²) in [6.45, 7) is 4.63. The average Bonchev–Trinajstić information content (AvgIpc) is 2.59. The van der Waals surface area contributed by atoms with Crippen molar-refractivity contribution in [2.75, 3.05) is 23.8 Å². The smallest absolute Gasteiger partial charge is 0.220 e. The molecule has 0 amide bonds. The largest absolute Gasteiger partial charge is 0.490 e. The molecule has 28 heavy (non-hydrogen) atoms. The van der Waals surface area contributed by atoms with Crippen molar-refractivity contribution in [3.8, 4) is 11.5 Å². The van der Waals surface area contributed by atoms with Crippen LogP contribution in [0, 0.1) is 0 Å². The van der Waals surface area contributed by atoms with E-state index in [4.69, 9.17) is 26.7 Å². The molecule has 2 aromatic rings. The molecular weight excluding hydrogens is 380 g/mol. The second kappa shape index (κ2) is 8.71. The summed E-state index contributed by atoms with van der Waals surface area (Å²) in [6.07, 6.45) is 0. The predicted octanol–water partition coefficient (Wildman–Crippen LogP) is 2.33. The van der Waals surface area contributed by atoms with Gasteiger partial charge in [0.1, 0.15) is 30.4 Å². The topological polar surface area (TPSA) is 124 Å². The van der Waals surface area contributed by atoms with Crippen LogP contribution in [0.1, 0.15) is 13.8 Å². The Morgan fingerprint density at radius 1 is 0.929 bits per heavy atom. The van der Waals surface area contributed by atoms with Crippen LogP contribution in [0.4, 0.5) is 11.4 Å². The number of nitrogen functional groups attached to an aromatic ring is 1. The monoisotopic (exact) mass is 404 g/mol. The SMILES string of the molecule is CC1(C)N=C(N)N=C(N)N1c1cccc(OCCOc2ccc(N)cc2)c1.Cl. The van der Waals surface area contributed by atoms with E-state index < -0.39 is 5.66 Å². The van der Waals surface area contributed by atoms with E-state index in [0.717, 1.165) is 11.4 Å². The van der Waals surface area contributed by atoms with E-state index in [0.29, 0.717) is 24.7 Å². The minimum Gasteiger partial charge on any atom is -0.490 e. The van der Waals surface area contributed by atoms with E-state index >= 15 is 0 Å². The van der Waals surface area contributed by atoms with Crippen molar-refractivity contribution in [1.82, 2.24) is 0 Å². The maximum absolute atomic E-state index is 6.07. The summed E-state index contributed by atoms with van der Waals surface area (Å²) in [4.78, 5) is 10.2. The molecule has 0 fully saturated rings. The molecule has 0 bridgehead atoms. The van der Waals surface area contributed by atoms with E-state index in [1.54, 1.807) is 17.0 Å². The normalized spacial score (nSPS) is 15.1. The van der Waals surface area contributed by atoms with E-state index in [2.05, 4.69) is 9.98 Å². The maximum Gasteiger partial charge on any atom is 0.220 e. The highest BCUT2D eigenvalue weighted by Crippen LogP contribution is 2.29. The molecule has 8 nitrogen and oxygen atoms in total. The van der Waals surface area contributed by atoms with Crippen molar-refractivity contribution in [1.29, 1.82) is 0 Å². The van der Waals surface area contributed by atoms with Crippen molar-refractivity contribution in [2.24, 2.45) is 21.5 Å². The first-order valence-electron chi connectivity index (χ1n) is 8.56. The van der Waals surface area contributed by atoms with Crippen LogP contribution in [-0.2, 0) is 0 Å². The number of ether oxygens (including phenoxy) is 2. The van der Waals surface area contributed by atoms with Crippen molar-refractivity contribution in [3.63, 3.8) is 0 Å². The quantitative estimate of drug-likeness (QED) is 0.501. The van der Waals surface area contributed by atoms with Crippen molar-refractivity contribution in [2.45, 2.75) is 19.5 Å². The number of anilines is 2. The average molecular weight is 405 g/mol. The molecule has 6 N–H and O–H groups in total. The summed E-state index contributed by atoms with van der Waals surface area (Å²) in [7, 11) is 0. The van der Waals surface area contributed by atoms with Crippen LogP contribution < -0.4 is 31.6 Å². The van der Waals surface area contributed by atoms with Gasteiger partial charge < -0.3 is 26.7 Å². The molecule has 0 spiro atoms. The molecule has 1 heterocycles. The van der Waals surface area contributed by atoms with Crippen LogP contribution in [-0.4, -0.2) is 30.8 Å². The Bertz CT molecular complexity index is 867. The Balaban J connectivity index is 0.00000280.